The molecule has 1 aromatic heterocycles. The van der Waals surface area contributed by atoms with Gasteiger partial charge in [0.2, 0.25) is 0 Å². The first-order chi connectivity index (χ1) is 11.4. The van der Waals surface area contributed by atoms with Crippen molar-refractivity contribution in [2.24, 2.45) is 0 Å². The molecule has 0 aliphatic heterocycles. The lowest BCUT2D eigenvalue weighted by Crippen LogP contribution is -2.31. The van der Waals surface area contributed by atoms with Crippen molar-refractivity contribution >= 4 is 33.6 Å². The maximum atomic E-state index is 13.0. The summed E-state index contributed by atoms with van der Waals surface area (Å²) >= 11 is 3.03. The maximum absolute atomic E-state index is 13.0. The highest BCUT2D eigenvalue weighted by atomic mass is 79.9. The van der Waals surface area contributed by atoms with Gasteiger partial charge in [0.1, 0.15) is 6.54 Å². The smallest absolute Gasteiger partial charge is 0.325 e. The summed E-state index contributed by atoms with van der Waals surface area (Å²) in [6.07, 6.45) is 0. The Morgan fingerprint density at radius 1 is 1.12 bits per heavy atom. The lowest BCUT2D eigenvalue weighted by Gasteiger charge is -2.05. The van der Waals surface area contributed by atoms with Gasteiger partial charge in [-0.05, 0) is 46.3 Å². The second kappa shape index (κ2) is 7.82. The van der Waals surface area contributed by atoms with Gasteiger partial charge in [-0.3, -0.25) is 14.4 Å². The number of amides is 1. The van der Waals surface area contributed by atoms with Gasteiger partial charge in [-0.15, -0.1) is 0 Å². The van der Waals surface area contributed by atoms with E-state index in [1.54, 1.807) is 0 Å². The molecule has 0 spiro atoms. The van der Waals surface area contributed by atoms with Crippen molar-refractivity contribution in [2.75, 3.05) is 13.2 Å². The van der Waals surface area contributed by atoms with Crippen molar-refractivity contribution in [1.29, 1.82) is 0 Å². The van der Waals surface area contributed by atoms with E-state index < -0.39 is 42.4 Å². The Bertz CT molecular complexity index is 790. The van der Waals surface area contributed by atoms with Crippen LogP contribution < -0.4 is 5.32 Å². The van der Waals surface area contributed by atoms with Crippen LogP contribution in [0.2, 0.25) is 0 Å². The second-order valence-electron chi connectivity index (χ2n) is 4.50. The number of Topliss-reactive ketones (excluding diaryl/α,β-unsaturated/α-hetero) is 1. The molecule has 2 rings (SSSR count). The Morgan fingerprint density at radius 2 is 1.88 bits per heavy atom. The van der Waals surface area contributed by atoms with Gasteiger partial charge in [-0.25, -0.2) is 8.78 Å². The van der Waals surface area contributed by atoms with Gasteiger partial charge in [-0.1, -0.05) is 0 Å². The Morgan fingerprint density at radius 3 is 2.50 bits per heavy atom. The number of rotatable bonds is 6. The van der Waals surface area contributed by atoms with Crippen molar-refractivity contribution in [3.63, 3.8) is 0 Å². The molecule has 0 aliphatic carbocycles. The van der Waals surface area contributed by atoms with Crippen molar-refractivity contribution in [2.45, 2.75) is 0 Å². The van der Waals surface area contributed by atoms with Gasteiger partial charge in [-0.2, -0.15) is 0 Å². The number of carbonyl (C=O) groups excluding carboxylic acids is 3. The summed E-state index contributed by atoms with van der Waals surface area (Å²) in [5.74, 6) is -4.48. The standard InChI is InChI=1S/C15H10BrF2NO5/c16-13-4-3-12(24-13)15(22)19-6-14(21)23-7-11(20)8-1-2-9(17)10(18)5-8/h1-5H,6-7H2,(H,19,22). The second-order valence-corrected chi connectivity index (χ2v) is 5.28. The zero-order chi connectivity index (χ0) is 17.7. The quantitative estimate of drug-likeness (QED) is 0.593. The third-order valence-electron chi connectivity index (χ3n) is 2.80. The molecule has 0 aliphatic rings. The van der Waals surface area contributed by atoms with Gasteiger partial charge in [0.25, 0.3) is 5.91 Å². The predicted octanol–water partition coefficient (Wildman–Crippen LogP) is 2.48. The van der Waals surface area contributed by atoms with Gasteiger partial charge in [0.15, 0.2) is 34.5 Å². The molecule has 0 atom stereocenters. The molecule has 1 amide bonds. The molecular formula is C15H10BrF2NO5. The third kappa shape index (κ3) is 4.72. The maximum Gasteiger partial charge on any atom is 0.325 e. The highest BCUT2D eigenvalue weighted by molar-refractivity contribution is 9.10. The van der Waals surface area contributed by atoms with E-state index in [1.165, 1.54) is 12.1 Å². The zero-order valence-corrected chi connectivity index (χ0v) is 13.6. The Labute approximate surface area is 142 Å². The van der Waals surface area contributed by atoms with Gasteiger partial charge >= 0.3 is 5.97 Å². The largest absolute Gasteiger partial charge is 0.456 e. The van der Waals surface area contributed by atoms with Crippen molar-refractivity contribution in [3.8, 4) is 0 Å². The fraction of sp³-hybridized carbons (Fsp3) is 0.133. The van der Waals surface area contributed by atoms with Gasteiger partial charge < -0.3 is 14.5 Å². The summed E-state index contributed by atoms with van der Waals surface area (Å²) in [5.41, 5.74) is -0.133. The minimum absolute atomic E-state index is 0.00691. The molecule has 1 heterocycles. The van der Waals surface area contributed by atoms with Crippen LogP contribution in [0.5, 0.6) is 0 Å². The molecular weight excluding hydrogens is 392 g/mol. The number of furan rings is 1. The predicted molar refractivity (Wildman–Crippen MR) is 80.4 cm³/mol. The van der Waals surface area contributed by atoms with Crippen molar-refractivity contribution in [3.05, 3.63) is 58.0 Å². The topological polar surface area (TPSA) is 85.6 Å². The molecule has 0 radical (unpaired) electrons. The highest BCUT2D eigenvalue weighted by Crippen LogP contribution is 2.13. The van der Waals surface area contributed by atoms with E-state index in [1.807, 2.05) is 0 Å². The molecule has 2 aromatic rings. The summed E-state index contributed by atoms with van der Waals surface area (Å²) < 4.78 is 35.8. The average molecular weight is 402 g/mol. The Balaban J connectivity index is 1.79. The van der Waals surface area contributed by atoms with Crippen LogP contribution in [-0.4, -0.2) is 30.8 Å². The Kier molecular flexibility index (Phi) is 5.80. The van der Waals surface area contributed by atoms with Crippen LogP contribution in [0.1, 0.15) is 20.9 Å². The molecule has 0 bridgehead atoms. The fourth-order valence-corrected chi connectivity index (χ4v) is 1.93. The van der Waals surface area contributed by atoms with E-state index >= 15 is 0 Å². The number of hydrogen-bond acceptors (Lipinski definition) is 5. The number of halogens is 3. The first-order valence-corrected chi connectivity index (χ1v) is 7.33. The molecule has 0 unspecified atom stereocenters. The van der Waals surface area contributed by atoms with Crippen LogP contribution in [0.4, 0.5) is 8.78 Å². The number of benzene rings is 1. The van der Waals surface area contributed by atoms with Gasteiger partial charge in [0.05, 0.1) is 0 Å². The molecule has 9 heteroatoms. The van der Waals surface area contributed by atoms with E-state index in [9.17, 15) is 23.2 Å². The van der Waals surface area contributed by atoms with Crippen LogP contribution in [0.15, 0.2) is 39.4 Å². The van der Waals surface area contributed by atoms with Crippen LogP contribution >= 0.6 is 15.9 Å². The summed E-state index contributed by atoms with van der Waals surface area (Å²) in [5, 5.41) is 2.24. The van der Waals surface area contributed by atoms with Crippen LogP contribution in [-0.2, 0) is 9.53 Å². The van der Waals surface area contributed by atoms with Crippen molar-refractivity contribution in [1.82, 2.24) is 5.32 Å². The zero-order valence-electron chi connectivity index (χ0n) is 12.0. The molecule has 0 saturated heterocycles. The lowest BCUT2D eigenvalue weighted by atomic mass is 10.1. The summed E-state index contributed by atoms with van der Waals surface area (Å²) in [4.78, 5) is 34.8. The van der Waals surface area contributed by atoms with E-state index in [2.05, 4.69) is 26.0 Å². The first kappa shape index (κ1) is 17.8. The summed E-state index contributed by atoms with van der Waals surface area (Å²) in [6.45, 7) is -1.14. The number of hydrogen-bond donors (Lipinski definition) is 1. The van der Waals surface area contributed by atoms with Crippen LogP contribution in [0.3, 0.4) is 0 Å². The number of carbonyl (C=O) groups is 3. The minimum Gasteiger partial charge on any atom is -0.456 e. The monoisotopic (exact) mass is 401 g/mol. The molecule has 24 heavy (non-hydrogen) atoms. The molecule has 0 saturated carbocycles. The van der Waals surface area contributed by atoms with E-state index in [0.717, 1.165) is 12.1 Å². The SMILES string of the molecule is O=C(CNC(=O)c1ccc(Br)o1)OCC(=O)c1ccc(F)c(F)c1. The number of nitrogens with one attached hydrogen (secondary N) is 1. The normalized spacial score (nSPS) is 10.3. The van der Waals surface area contributed by atoms with Crippen LogP contribution in [0.25, 0.3) is 0 Å². The van der Waals surface area contributed by atoms with E-state index in [4.69, 9.17) is 4.42 Å². The fourth-order valence-electron chi connectivity index (χ4n) is 1.63. The molecule has 0 fully saturated rings. The summed E-state index contributed by atoms with van der Waals surface area (Å²) in [6, 6.07) is 5.49. The van der Waals surface area contributed by atoms with Gasteiger partial charge in [0, 0.05) is 5.56 Å². The molecule has 6 nitrogen and oxygen atoms in total. The summed E-state index contributed by atoms with van der Waals surface area (Å²) in [7, 11) is 0. The van der Waals surface area contributed by atoms with Crippen molar-refractivity contribution < 1.29 is 32.3 Å². The molecule has 1 aromatic carbocycles. The van der Waals surface area contributed by atoms with E-state index in [0.29, 0.717) is 10.7 Å². The minimum atomic E-state index is -1.18. The first-order valence-electron chi connectivity index (χ1n) is 6.54. The van der Waals surface area contributed by atoms with E-state index in [-0.39, 0.29) is 11.3 Å². The Hall–Kier alpha value is -2.55. The third-order valence-corrected chi connectivity index (χ3v) is 3.22. The van der Waals surface area contributed by atoms with Crippen LogP contribution in [0, 0.1) is 11.6 Å². The molecule has 1 N–H and O–H groups in total. The number of esters is 1. The lowest BCUT2D eigenvalue weighted by molar-refractivity contribution is -0.141. The number of ether oxygens (including phenoxy) is 1. The average Bonchev–Trinajstić information content (AvgIpc) is 2.99. The molecule has 126 valence electrons. The number of ketones is 1. The highest BCUT2D eigenvalue weighted by Gasteiger charge is 2.15.